The highest BCUT2D eigenvalue weighted by Gasteiger charge is 2.24. The Morgan fingerprint density at radius 3 is 2.52 bits per heavy atom. The molecule has 1 aromatic carbocycles. The zero-order chi connectivity index (χ0) is 19.0. The van der Waals surface area contributed by atoms with Crippen LogP contribution in [0.15, 0.2) is 24.3 Å². The number of imidazole rings is 1. The Kier molecular flexibility index (Phi) is 4.99. The first-order valence-electron chi connectivity index (χ1n) is 9.12. The summed E-state index contributed by atoms with van der Waals surface area (Å²) in [5, 5.41) is 10.2. The second-order valence-electron chi connectivity index (χ2n) is 6.85. The molecule has 0 bridgehead atoms. The van der Waals surface area contributed by atoms with Crippen LogP contribution in [0.4, 0.5) is 5.82 Å². The van der Waals surface area contributed by atoms with Gasteiger partial charge in [0.25, 0.3) is 0 Å². The fourth-order valence-electron chi connectivity index (χ4n) is 3.49. The van der Waals surface area contributed by atoms with Crippen LogP contribution in [-0.2, 0) is 6.54 Å². The number of rotatable bonds is 4. The normalized spacial score (nSPS) is 15.6. The lowest BCUT2D eigenvalue weighted by atomic mass is 10.2. The van der Waals surface area contributed by atoms with Crippen molar-refractivity contribution in [2.45, 2.75) is 13.5 Å². The van der Waals surface area contributed by atoms with Crippen molar-refractivity contribution in [2.75, 3.05) is 44.7 Å². The molecule has 8 heteroatoms. The summed E-state index contributed by atoms with van der Waals surface area (Å²) in [6, 6.07) is 7.61. The van der Waals surface area contributed by atoms with Crippen molar-refractivity contribution in [3.63, 3.8) is 0 Å². The van der Waals surface area contributed by atoms with Gasteiger partial charge in [0.2, 0.25) is 0 Å². The smallest absolute Gasteiger partial charge is 0.166 e. The van der Waals surface area contributed by atoms with Crippen LogP contribution >= 0.6 is 11.6 Å². The third-order valence-corrected chi connectivity index (χ3v) is 5.26. The molecule has 1 saturated heterocycles. The van der Waals surface area contributed by atoms with E-state index in [2.05, 4.69) is 21.8 Å². The summed E-state index contributed by atoms with van der Waals surface area (Å²) < 4.78 is 1.94. The Labute approximate surface area is 163 Å². The minimum atomic E-state index is -0.00416. The summed E-state index contributed by atoms with van der Waals surface area (Å²) in [6.07, 6.45) is 0. The molecule has 142 valence electrons. The summed E-state index contributed by atoms with van der Waals surface area (Å²) in [6.45, 7) is 6.06. The zero-order valence-electron chi connectivity index (χ0n) is 15.6. The molecular formula is C19H23ClN6O. The predicted molar refractivity (Wildman–Crippen MR) is 107 cm³/mol. The van der Waals surface area contributed by atoms with Crippen LogP contribution < -0.4 is 4.90 Å². The number of nitrogens with zero attached hydrogens (tertiary/aromatic N) is 6. The SMILES string of the molecule is Cc1nc(N2CCN(C)CC2)c2nc(-c3ccccc3Cl)n(CCO)c2n1. The Balaban J connectivity index is 1.91. The van der Waals surface area contributed by atoms with Crippen LogP contribution in [0.2, 0.25) is 5.02 Å². The van der Waals surface area contributed by atoms with E-state index in [4.69, 9.17) is 21.6 Å². The Morgan fingerprint density at radius 1 is 1.07 bits per heavy atom. The minimum Gasteiger partial charge on any atom is -0.395 e. The van der Waals surface area contributed by atoms with Gasteiger partial charge in [-0.05, 0) is 26.1 Å². The van der Waals surface area contributed by atoms with Gasteiger partial charge in [-0.3, -0.25) is 0 Å². The van der Waals surface area contributed by atoms with Crippen molar-refractivity contribution in [3.8, 4) is 11.4 Å². The highest BCUT2D eigenvalue weighted by atomic mass is 35.5. The van der Waals surface area contributed by atoms with Gasteiger partial charge in [0.15, 0.2) is 17.0 Å². The van der Waals surface area contributed by atoms with Crippen LogP contribution in [0.5, 0.6) is 0 Å². The summed E-state index contributed by atoms with van der Waals surface area (Å²) in [4.78, 5) is 18.8. The van der Waals surface area contributed by atoms with Crippen LogP contribution in [0.25, 0.3) is 22.6 Å². The van der Waals surface area contributed by atoms with Crippen molar-refractivity contribution in [1.29, 1.82) is 0 Å². The van der Waals surface area contributed by atoms with Gasteiger partial charge >= 0.3 is 0 Å². The molecule has 3 heterocycles. The number of aliphatic hydroxyl groups is 1. The number of piperazine rings is 1. The molecule has 0 atom stereocenters. The summed E-state index contributed by atoms with van der Waals surface area (Å²) in [5.41, 5.74) is 2.32. The van der Waals surface area contributed by atoms with E-state index < -0.39 is 0 Å². The maximum absolute atomic E-state index is 9.61. The molecule has 0 radical (unpaired) electrons. The Hall–Kier alpha value is -2.22. The quantitative estimate of drug-likeness (QED) is 0.741. The molecule has 0 spiro atoms. The maximum Gasteiger partial charge on any atom is 0.166 e. The molecule has 0 saturated carbocycles. The molecular weight excluding hydrogens is 364 g/mol. The number of fused-ring (bicyclic) bond motifs is 1. The lowest BCUT2D eigenvalue weighted by molar-refractivity contribution is 0.278. The minimum absolute atomic E-state index is 0.00416. The van der Waals surface area contributed by atoms with Gasteiger partial charge in [-0.2, -0.15) is 0 Å². The summed E-state index contributed by atoms with van der Waals surface area (Å²) in [7, 11) is 2.13. The second kappa shape index (κ2) is 7.42. The molecule has 4 rings (SSSR count). The lowest BCUT2D eigenvalue weighted by Crippen LogP contribution is -2.45. The van der Waals surface area contributed by atoms with Crippen molar-refractivity contribution >= 4 is 28.6 Å². The van der Waals surface area contributed by atoms with Crippen molar-refractivity contribution < 1.29 is 5.11 Å². The highest BCUT2D eigenvalue weighted by molar-refractivity contribution is 6.33. The molecule has 1 N–H and O–H groups in total. The molecule has 2 aromatic heterocycles. The third kappa shape index (κ3) is 3.38. The van der Waals surface area contributed by atoms with Crippen molar-refractivity contribution in [1.82, 2.24) is 24.4 Å². The average molecular weight is 387 g/mol. The molecule has 0 unspecified atom stereocenters. The topological polar surface area (TPSA) is 70.3 Å². The fraction of sp³-hybridized carbons (Fsp3) is 0.421. The number of aromatic nitrogens is 4. The van der Waals surface area contributed by atoms with E-state index in [0.29, 0.717) is 23.2 Å². The molecule has 1 fully saturated rings. The van der Waals surface area contributed by atoms with Crippen LogP contribution in [-0.4, -0.2) is 69.4 Å². The maximum atomic E-state index is 9.61. The standard InChI is InChI=1S/C19H23ClN6O/c1-13-21-18(25-9-7-24(2)8-10-25)16-19(22-13)26(11-12-27)17(23-16)14-5-3-4-6-15(14)20/h3-6,27H,7-12H2,1-2H3. The first-order chi connectivity index (χ1) is 13.1. The van der Waals surface area contributed by atoms with E-state index in [1.54, 1.807) is 0 Å². The van der Waals surface area contributed by atoms with Gasteiger partial charge in [-0.1, -0.05) is 23.7 Å². The van der Waals surface area contributed by atoms with E-state index in [1.807, 2.05) is 35.8 Å². The zero-order valence-corrected chi connectivity index (χ0v) is 16.3. The summed E-state index contributed by atoms with van der Waals surface area (Å²) in [5.74, 6) is 2.26. The van der Waals surface area contributed by atoms with E-state index in [9.17, 15) is 5.11 Å². The van der Waals surface area contributed by atoms with E-state index in [1.165, 1.54) is 0 Å². The first-order valence-corrected chi connectivity index (χ1v) is 9.50. The van der Waals surface area contributed by atoms with E-state index in [0.717, 1.165) is 48.7 Å². The molecule has 0 aliphatic carbocycles. The van der Waals surface area contributed by atoms with Gasteiger partial charge in [-0.25, -0.2) is 15.0 Å². The van der Waals surface area contributed by atoms with Crippen molar-refractivity contribution in [2.24, 2.45) is 0 Å². The highest BCUT2D eigenvalue weighted by Crippen LogP contribution is 2.32. The van der Waals surface area contributed by atoms with E-state index >= 15 is 0 Å². The predicted octanol–water partition coefficient (Wildman–Crippen LogP) is 2.20. The lowest BCUT2D eigenvalue weighted by Gasteiger charge is -2.33. The summed E-state index contributed by atoms with van der Waals surface area (Å²) >= 11 is 6.43. The largest absolute Gasteiger partial charge is 0.395 e. The number of hydrogen-bond donors (Lipinski definition) is 1. The molecule has 7 nitrogen and oxygen atoms in total. The first kappa shape index (κ1) is 18.2. The van der Waals surface area contributed by atoms with Crippen molar-refractivity contribution in [3.05, 3.63) is 35.1 Å². The third-order valence-electron chi connectivity index (χ3n) is 4.93. The Bertz CT molecular complexity index is 964. The van der Waals surface area contributed by atoms with Gasteiger partial charge in [0, 0.05) is 38.3 Å². The molecule has 3 aromatic rings. The van der Waals surface area contributed by atoms with Gasteiger partial charge in [-0.15, -0.1) is 0 Å². The molecule has 0 amide bonds. The van der Waals surface area contributed by atoms with Crippen LogP contribution in [0, 0.1) is 6.92 Å². The van der Waals surface area contributed by atoms with Crippen LogP contribution in [0.3, 0.4) is 0 Å². The Morgan fingerprint density at radius 2 is 1.81 bits per heavy atom. The number of hydrogen-bond acceptors (Lipinski definition) is 6. The van der Waals surface area contributed by atoms with Gasteiger partial charge < -0.3 is 19.5 Å². The number of anilines is 1. The number of aliphatic hydroxyl groups excluding tert-OH is 1. The van der Waals surface area contributed by atoms with E-state index in [-0.39, 0.29) is 6.61 Å². The second-order valence-corrected chi connectivity index (χ2v) is 7.25. The number of benzene rings is 1. The molecule has 1 aliphatic heterocycles. The number of halogens is 1. The number of aryl methyl sites for hydroxylation is 1. The molecule has 27 heavy (non-hydrogen) atoms. The van der Waals surface area contributed by atoms with Gasteiger partial charge in [0.05, 0.1) is 11.6 Å². The van der Waals surface area contributed by atoms with Crippen LogP contribution in [0.1, 0.15) is 5.82 Å². The number of likely N-dealkylation sites (N-methyl/N-ethyl adjacent to an activating group) is 1. The molecule has 1 aliphatic rings. The average Bonchev–Trinajstić information content (AvgIpc) is 3.01. The van der Waals surface area contributed by atoms with Gasteiger partial charge in [0.1, 0.15) is 11.6 Å². The fourth-order valence-corrected chi connectivity index (χ4v) is 3.71. The monoisotopic (exact) mass is 386 g/mol.